The largest absolute Gasteiger partial charge is 0.444 e. The molecule has 5 rings (SSSR count). The summed E-state index contributed by atoms with van der Waals surface area (Å²) in [6.45, 7) is 3.34. The van der Waals surface area contributed by atoms with Crippen molar-refractivity contribution in [1.82, 2.24) is 15.2 Å². The van der Waals surface area contributed by atoms with E-state index in [-0.39, 0.29) is 11.9 Å². The minimum Gasteiger partial charge on any atom is -0.444 e. The highest BCUT2D eigenvalue weighted by atomic mass is 32.1. The number of aromatic nitrogens is 1. The van der Waals surface area contributed by atoms with Crippen LogP contribution >= 0.6 is 11.3 Å². The van der Waals surface area contributed by atoms with Gasteiger partial charge in [-0.15, -0.1) is 11.3 Å². The average Bonchev–Trinajstić information content (AvgIpc) is 3.19. The molecule has 3 aliphatic rings. The first kappa shape index (κ1) is 13.0. The van der Waals surface area contributed by atoms with Crippen molar-refractivity contribution in [3.63, 3.8) is 0 Å². The lowest BCUT2D eigenvalue weighted by Gasteiger charge is -2.44. The van der Waals surface area contributed by atoms with E-state index < -0.39 is 0 Å². The fourth-order valence-corrected chi connectivity index (χ4v) is 4.16. The first-order valence-electron chi connectivity index (χ1n) is 7.32. The maximum Gasteiger partial charge on any atom is 0.262 e. The van der Waals surface area contributed by atoms with Gasteiger partial charge in [-0.05, 0) is 43.3 Å². The van der Waals surface area contributed by atoms with E-state index >= 15 is 0 Å². The van der Waals surface area contributed by atoms with Crippen LogP contribution in [0.1, 0.15) is 22.5 Å². The zero-order valence-electron chi connectivity index (χ0n) is 11.6. The Morgan fingerprint density at radius 1 is 1.43 bits per heavy atom. The number of carbonyl (C=O) groups is 1. The van der Waals surface area contributed by atoms with Crippen LogP contribution in [0.15, 0.2) is 28.3 Å². The highest BCUT2D eigenvalue weighted by Crippen LogP contribution is 2.30. The van der Waals surface area contributed by atoms with Gasteiger partial charge < -0.3 is 14.6 Å². The Morgan fingerprint density at radius 3 is 2.95 bits per heavy atom. The molecule has 0 aliphatic carbocycles. The molecule has 0 unspecified atom stereocenters. The second-order valence-electron chi connectivity index (χ2n) is 5.72. The van der Waals surface area contributed by atoms with Crippen LogP contribution in [-0.2, 0) is 0 Å². The third-order valence-corrected chi connectivity index (χ3v) is 5.42. The fourth-order valence-electron chi connectivity index (χ4n) is 3.37. The van der Waals surface area contributed by atoms with Gasteiger partial charge in [-0.25, -0.2) is 4.98 Å². The Bertz CT molecular complexity index is 629. The molecule has 5 heterocycles. The standard InChI is InChI=1S/C15H17N3O2S/c19-14(17-12-9-18-5-1-10(12)2-6-18)13-11(3-8-21-13)15-16-4-7-20-15/h3-4,7-8,10,12H,1-2,5-6,9H2,(H,17,19)/t12-/m0/s1. The summed E-state index contributed by atoms with van der Waals surface area (Å²) in [6, 6.07) is 2.17. The van der Waals surface area contributed by atoms with E-state index in [1.807, 2.05) is 11.4 Å². The van der Waals surface area contributed by atoms with Gasteiger partial charge in [0, 0.05) is 12.6 Å². The quantitative estimate of drug-likeness (QED) is 0.944. The van der Waals surface area contributed by atoms with E-state index in [0.717, 1.165) is 12.1 Å². The third-order valence-electron chi connectivity index (χ3n) is 4.51. The van der Waals surface area contributed by atoms with Gasteiger partial charge in [0.15, 0.2) is 0 Å². The third kappa shape index (κ3) is 2.38. The zero-order valence-corrected chi connectivity index (χ0v) is 12.4. The lowest BCUT2D eigenvalue weighted by Crippen LogP contribution is -2.57. The number of hydrogen-bond donors (Lipinski definition) is 1. The highest BCUT2D eigenvalue weighted by molar-refractivity contribution is 7.12. The smallest absolute Gasteiger partial charge is 0.262 e. The van der Waals surface area contributed by atoms with Crippen LogP contribution in [0.5, 0.6) is 0 Å². The minimum atomic E-state index is -0.00282. The van der Waals surface area contributed by atoms with Gasteiger partial charge in [0.2, 0.25) is 5.89 Å². The lowest BCUT2D eigenvalue weighted by molar-refractivity contribution is 0.0623. The molecule has 3 fully saturated rings. The van der Waals surface area contributed by atoms with Gasteiger partial charge in [0.05, 0.1) is 11.8 Å². The van der Waals surface area contributed by atoms with Crippen molar-refractivity contribution >= 4 is 17.2 Å². The van der Waals surface area contributed by atoms with Crippen molar-refractivity contribution in [3.05, 3.63) is 28.8 Å². The van der Waals surface area contributed by atoms with Gasteiger partial charge in [-0.3, -0.25) is 4.79 Å². The lowest BCUT2D eigenvalue weighted by atomic mass is 9.84. The molecule has 21 heavy (non-hydrogen) atoms. The van der Waals surface area contributed by atoms with Crippen LogP contribution in [0.4, 0.5) is 0 Å². The summed E-state index contributed by atoms with van der Waals surface area (Å²) in [4.78, 5) is 19.8. The number of piperidine rings is 3. The number of fused-ring (bicyclic) bond motifs is 3. The van der Waals surface area contributed by atoms with Crippen LogP contribution in [-0.4, -0.2) is 41.5 Å². The molecular formula is C15H17N3O2S. The Hall–Kier alpha value is -1.66. The molecule has 2 aromatic rings. The first-order valence-corrected chi connectivity index (χ1v) is 8.20. The Balaban J connectivity index is 1.52. The molecule has 0 radical (unpaired) electrons. The van der Waals surface area contributed by atoms with Crippen LogP contribution in [0.25, 0.3) is 11.5 Å². The summed E-state index contributed by atoms with van der Waals surface area (Å²) >= 11 is 1.44. The number of nitrogens with zero attached hydrogens (tertiary/aromatic N) is 2. The summed E-state index contributed by atoms with van der Waals surface area (Å²) in [5.74, 6) is 1.14. The Labute approximate surface area is 127 Å². The normalized spacial score (nSPS) is 27.7. The number of thiophene rings is 1. The van der Waals surface area contributed by atoms with Crippen molar-refractivity contribution < 1.29 is 9.21 Å². The van der Waals surface area contributed by atoms with Crippen molar-refractivity contribution in [2.75, 3.05) is 19.6 Å². The number of carbonyl (C=O) groups excluding carboxylic acids is 1. The van der Waals surface area contributed by atoms with Crippen LogP contribution in [0.2, 0.25) is 0 Å². The molecule has 1 amide bonds. The number of amides is 1. The van der Waals surface area contributed by atoms with E-state index in [1.165, 1.54) is 43.5 Å². The molecule has 110 valence electrons. The number of oxazole rings is 1. The van der Waals surface area contributed by atoms with Gasteiger partial charge in [-0.1, -0.05) is 0 Å². The molecule has 3 saturated heterocycles. The molecule has 0 aromatic carbocycles. The highest BCUT2D eigenvalue weighted by Gasteiger charge is 2.35. The molecular weight excluding hydrogens is 286 g/mol. The SMILES string of the molecule is O=C(N[C@H]1CN2CCC1CC2)c1sccc1-c1ncco1. The predicted octanol–water partition coefficient (Wildman–Crippen LogP) is 2.23. The van der Waals surface area contributed by atoms with Crippen LogP contribution < -0.4 is 5.32 Å². The minimum absolute atomic E-state index is 0.00282. The van der Waals surface area contributed by atoms with Crippen LogP contribution in [0.3, 0.4) is 0 Å². The van der Waals surface area contributed by atoms with E-state index in [0.29, 0.717) is 16.7 Å². The predicted molar refractivity (Wildman–Crippen MR) is 80.2 cm³/mol. The maximum absolute atomic E-state index is 12.6. The maximum atomic E-state index is 12.6. The molecule has 5 nitrogen and oxygen atoms in total. The molecule has 0 saturated carbocycles. The summed E-state index contributed by atoms with van der Waals surface area (Å²) < 4.78 is 5.32. The molecule has 6 heteroatoms. The Kier molecular flexibility index (Phi) is 3.27. The molecule has 1 N–H and O–H groups in total. The Morgan fingerprint density at radius 2 is 2.29 bits per heavy atom. The van der Waals surface area contributed by atoms with E-state index in [9.17, 15) is 4.79 Å². The van der Waals surface area contributed by atoms with Crippen molar-refractivity contribution in [1.29, 1.82) is 0 Å². The van der Waals surface area contributed by atoms with E-state index in [4.69, 9.17) is 4.42 Å². The van der Waals surface area contributed by atoms with Crippen molar-refractivity contribution in [2.24, 2.45) is 5.92 Å². The average molecular weight is 303 g/mol. The van der Waals surface area contributed by atoms with Gasteiger partial charge in [-0.2, -0.15) is 0 Å². The molecule has 0 spiro atoms. The monoisotopic (exact) mass is 303 g/mol. The van der Waals surface area contributed by atoms with E-state index in [1.54, 1.807) is 6.20 Å². The second-order valence-corrected chi connectivity index (χ2v) is 6.63. The summed E-state index contributed by atoms with van der Waals surface area (Å²) in [6.07, 6.45) is 5.52. The summed E-state index contributed by atoms with van der Waals surface area (Å²) in [7, 11) is 0. The topological polar surface area (TPSA) is 58.4 Å². The molecule has 3 aliphatic heterocycles. The molecule has 1 atom stereocenters. The molecule has 2 aromatic heterocycles. The summed E-state index contributed by atoms with van der Waals surface area (Å²) in [5, 5.41) is 5.12. The van der Waals surface area contributed by atoms with Gasteiger partial charge >= 0.3 is 0 Å². The number of nitrogens with one attached hydrogen (secondary N) is 1. The fraction of sp³-hybridized carbons (Fsp3) is 0.467. The molecule has 2 bridgehead atoms. The van der Waals surface area contributed by atoms with Gasteiger partial charge in [0.25, 0.3) is 5.91 Å². The van der Waals surface area contributed by atoms with Crippen LogP contribution in [0, 0.1) is 5.92 Å². The second kappa shape index (κ2) is 5.27. The van der Waals surface area contributed by atoms with Crippen molar-refractivity contribution in [2.45, 2.75) is 18.9 Å². The van der Waals surface area contributed by atoms with Crippen molar-refractivity contribution in [3.8, 4) is 11.5 Å². The van der Waals surface area contributed by atoms with Gasteiger partial charge in [0.1, 0.15) is 11.1 Å². The number of rotatable bonds is 3. The summed E-state index contributed by atoms with van der Waals surface area (Å²) in [5.41, 5.74) is 0.781. The zero-order chi connectivity index (χ0) is 14.2. The van der Waals surface area contributed by atoms with E-state index in [2.05, 4.69) is 15.2 Å². The number of hydrogen-bond acceptors (Lipinski definition) is 5. The first-order chi connectivity index (χ1) is 10.3.